The van der Waals surface area contributed by atoms with Crippen LogP contribution in [0.3, 0.4) is 0 Å². The van der Waals surface area contributed by atoms with Crippen molar-refractivity contribution in [3.8, 4) is 0 Å². The van der Waals surface area contributed by atoms with E-state index in [9.17, 15) is 0 Å². The zero-order valence-corrected chi connectivity index (χ0v) is 8.92. The van der Waals surface area contributed by atoms with Gasteiger partial charge < -0.3 is 0 Å². The normalized spacial score (nSPS) is 19.7. The summed E-state index contributed by atoms with van der Waals surface area (Å²) in [6, 6.07) is 0. The molecular formula is C11H20BN. The summed E-state index contributed by atoms with van der Waals surface area (Å²) < 4.78 is 0. The Hall–Kier alpha value is -0.365. The fourth-order valence-electron chi connectivity index (χ4n) is 1.56. The van der Waals surface area contributed by atoms with Gasteiger partial charge in [-0.1, -0.05) is 0 Å². The van der Waals surface area contributed by atoms with E-state index in [1.807, 2.05) is 0 Å². The number of nitrogens with zero attached hydrogens (tertiary/aromatic N) is 1. The van der Waals surface area contributed by atoms with E-state index in [1.165, 1.54) is 44.2 Å². The fourth-order valence-corrected chi connectivity index (χ4v) is 1.56. The monoisotopic (exact) mass is 177 g/mol. The summed E-state index contributed by atoms with van der Waals surface area (Å²) in [5, 5.41) is 0. The van der Waals surface area contributed by atoms with E-state index in [2.05, 4.69) is 37.8 Å². The molecule has 0 aromatic carbocycles. The molecule has 0 aromatic heterocycles. The molecule has 13 heavy (non-hydrogen) atoms. The van der Waals surface area contributed by atoms with Crippen molar-refractivity contribution in [3.63, 3.8) is 0 Å². The molecule has 1 heterocycles. The Labute approximate surface area is 82.7 Å². The van der Waals surface area contributed by atoms with Gasteiger partial charge in [-0.05, 0) is 0 Å². The number of hydrogen-bond acceptors (Lipinski definition) is 1. The predicted octanol–water partition coefficient (Wildman–Crippen LogP) is 1.97. The molecule has 72 valence electrons. The molecule has 0 bridgehead atoms. The summed E-state index contributed by atoms with van der Waals surface area (Å²) in [7, 11) is 2.20. The van der Waals surface area contributed by atoms with Crippen LogP contribution in [-0.2, 0) is 0 Å². The standard InChI is InChI=1S/C11H20BN/c1-3-7-12-10-11-5-4-8-13(2)9-6-11/h5,10H,3-4,6-9H2,1-2H3. The third-order valence-electron chi connectivity index (χ3n) is 2.49. The Balaban J connectivity index is 2.36. The van der Waals surface area contributed by atoms with Crippen LogP contribution in [0.15, 0.2) is 11.6 Å². The first-order valence-corrected chi connectivity index (χ1v) is 5.37. The predicted molar refractivity (Wildman–Crippen MR) is 61.7 cm³/mol. The van der Waals surface area contributed by atoms with Crippen LogP contribution >= 0.6 is 0 Å². The van der Waals surface area contributed by atoms with Crippen molar-refractivity contribution in [2.75, 3.05) is 20.1 Å². The van der Waals surface area contributed by atoms with Gasteiger partial charge in [-0.25, -0.2) is 0 Å². The summed E-state index contributed by atoms with van der Waals surface area (Å²) in [4.78, 5) is 2.40. The molecule has 0 amide bonds. The van der Waals surface area contributed by atoms with Crippen LogP contribution in [0.1, 0.15) is 26.2 Å². The van der Waals surface area contributed by atoms with Crippen molar-refractivity contribution in [1.29, 1.82) is 0 Å². The SMILES string of the molecule is CCCB=CC1=CCCN(C)CC1. The van der Waals surface area contributed by atoms with Gasteiger partial charge in [0.15, 0.2) is 0 Å². The van der Waals surface area contributed by atoms with E-state index >= 15 is 0 Å². The second-order valence-corrected chi connectivity index (χ2v) is 3.81. The minimum absolute atomic E-state index is 1.21. The summed E-state index contributed by atoms with van der Waals surface area (Å²) in [6.45, 7) is 6.95. The van der Waals surface area contributed by atoms with Crippen molar-refractivity contribution in [2.24, 2.45) is 0 Å². The molecule has 0 saturated heterocycles. The average molecular weight is 177 g/mol. The zero-order valence-electron chi connectivity index (χ0n) is 8.92. The Morgan fingerprint density at radius 1 is 1.54 bits per heavy atom. The first kappa shape index (κ1) is 10.7. The van der Waals surface area contributed by atoms with Gasteiger partial charge in [-0.2, -0.15) is 0 Å². The molecule has 0 atom stereocenters. The van der Waals surface area contributed by atoms with E-state index in [0.29, 0.717) is 0 Å². The summed E-state index contributed by atoms with van der Waals surface area (Å²) in [5.41, 5.74) is 1.53. The van der Waals surface area contributed by atoms with Crippen molar-refractivity contribution in [3.05, 3.63) is 11.6 Å². The fraction of sp³-hybridized carbons (Fsp3) is 0.727. The van der Waals surface area contributed by atoms with Gasteiger partial charge in [-0.15, -0.1) is 0 Å². The summed E-state index contributed by atoms with van der Waals surface area (Å²) in [5.74, 6) is 2.31. The third kappa shape index (κ3) is 4.42. The Bertz CT molecular complexity index is 196. The molecule has 0 spiro atoms. The van der Waals surface area contributed by atoms with E-state index in [0.717, 1.165) is 0 Å². The zero-order chi connectivity index (χ0) is 9.52. The van der Waals surface area contributed by atoms with Crippen LogP contribution < -0.4 is 0 Å². The molecule has 0 saturated carbocycles. The molecule has 0 fully saturated rings. The topological polar surface area (TPSA) is 3.24 Å². The molecular weight excluding hydrogens is 157 g/mol. The van der Waals surface area contributed by atoms with E-state index in [-0.39, 0.29) is 0 Å². The van der Waals surface area contributed by atoms with E-state index in [1.54, 1.807) is 0 Å². The van der Waals surface area contributed by atoms with Crippen LogP contribution in [-0.4, -0.2) is 37.9 Å². The van der Waals surface area contributed by atoms with Gasteiger partial charge in [0.1, 0.15) is 0 Å². The maximum atomic E-state index is 2.40. The van der Waals surface area contributed by atoms with Crippen LogP contribution in [0, 0.1) is 0 Å². The van der Waals surface area contributed by atoms with Crippen molar-refractivity contribution in [1.82, 2.24) is 4.90 Å². The number of hydrogen-bond donors (Lipinski definition) is 0. The second kappa shape index (κ2) is 6.14. The Morgan fingerprint density at radius 2 is 2.38 bits per heavy atom. The average Bonchev–Trinajstić information content (AvgIpc) is 2.32. The summed E-state index contributed by atoms with van der Waals surface area (Å²) in [6.07, 6.45) is 7.28. The molecule has 1 aliphatic rings. The molecule has 1 rings (SSSR count). The molecule has 0 radical (unpaired) electrons. The van der Waals surface area contributed by atoms with Crippen LogP contribution in [0.5, 0.6) is 0 Å². The van der Waals surface area contributed by atoms with Crippen molar-refractivity contribution < 1.29 is 0 Å². The van der Waals surface area contributed by atoms with Crippen LogP contribution in [0.25, 0.3) is 0 Å². The molecule has 1 nitrogen and oxygen atoms in total. The molecule has 2 heteroatoms. The van der Waals surface area contributed by atoms with E-state index < -0.39 is 0 Å². The van der Waals surface area contributed by atoms with Crippen LogP contribution in [0.2, 0.25) is 6.32 Å². The third-order valence-corrected chi connectivity index (χ3v) is 2.49. The first-order chi connectivity index (χ1) is 6.33. The molecule has 0 aromatic rings. The summed E-state index contributed by atoms with van der Waals surface area (Å²) >= 11 is 0. The van der Waals surface area contributed by atoms with Gasteiger partial charge in [-0.3, -0.25) is 0 Å². The van der Waals surface area contributed by atoms with Gasteiger partial charge in [0.05, 0.1) is 0 Å². The second-order valence-electron chi connectivity index (χ2n) is 3.81. The first-order valence-electron chi connectivity index (χ1n) is 5.37. The van der Waals surface area contributed by atoms with Crippen molar-refractivity contribution >= 4 is 12.9 Å². The van der Waals surface area contributed by atoms with Gasteiger partial charge >= 0.3 is 82.1 Å². The van der Waals surface area contributed by atoms with Crippen LogP contribution in [0.4, 0.5) is 0 Å². The quantitative estimate of drug-likeness (QED) is 0.595. The maximum absolute atomic E-state index is 2.40. The number of rotatable bonds is 3. The molecule has 1 aliphatic heterocycles. The molecule has 0 unspecified atom stereocenters. The molecule has 0 aliphatic carbocycles. The van der Waals surface area contributed by atoms with E-state index in [4.69, 9.17) is 0 Å². The van der Waals surface area contributed by atoms with Crippen molar-refractivity contribution in [2.45, 2.75) is 32.5 Å². The minimum atomic E-state index is 1.21. The Morgan fingerprint density at radius 3 is 3.15 bits per heavy atom. The van der Waals surface area contributed by atoms with Gasteiger partial charge in [0, 0.05) is 0 Å². The van der Waals surface area contributed by atoms with Gasteiger partial charge in [0.25, 0.3) is 0 Å². The Kier molecular flexibility index (Phi) is 5.06. The van der Waals surface area contributed by atoms with Gasteiger partial charge in [0.2, 0.25) is 0 Å². The molecule has 0 N–H and O–H groups in total.